The van der Waals surface area contributed by atoms with Crippen LogP contribution < -0.4 is 10.1 Å². The first-order valence-corrected chi connectivity index (χ1v) is 7.60. The normalized spacial score (nSPS) is 11.1. The standard InChI is InChI=1S/C9H8Cl3NO4S/c1-13-7(14)4-17-5-2-3-6(18(12,15)16)9(11)8(5)10/h2-3H,4H2,1H3,(H,13,14). The lowest BCUT2D eigenvalue weighted by atomic mass is 10.3. The third-order valence-electron chi connectivity index (χ3n) is 1.91. The van der Waals surface area contributed by atoms with Crippen molar-refractivity contribution in [2.45, 2.75) is 4.90 Å². The lowest BCUT2D eigenvalue weighted by Crippen LogP contribution is -2.24. The van der Waals surface area contributed by atoms with Crippen molar-refractivity contribution >= 4 is 48.8 Å². The van der Waals surface area contributed by atoms with Crippen LogP contribution in [0.1, 0.15) is 0 Å². The Hall–Kier alpha value is -0.690. The summed E-state index contributed by atoms with van der Waals surface area (Å²) in [5.74, 6) is -0.273. The number of amides is 1. The van der Waals surface area contributed by atoms with Gasteiger partial charge in [-0.2, -0.15) is 0 Å². The summed E-state index contributed by atoms with van der Waals surface area (Å²) < 4.78 is 27.4. The minimum Gasteiger partial charge on any atom is -0.482 e. The fraction of sp³-hybridized carbons (Fsp3) is 0.222. The van der Waals surface area contributed by atoms with E-state index >= 15 is 0 Å². The van der Waals surface area contributed by atoms with Crippen LogP contribution in [0.3, 0.4) is 0 Å². The van der Waals surface area contributed by atoms with Gasteiger partial charge in [-0.1, -0.05) is 23.2 Å². The van der Waals surface area contributed by atoms with Gasteiger partial charge in [0.1, 0.15) is 15.7 Å². The highest BCUT2D eigenvalue weighted by Gasteiger charge is 2.20. The Labute approximate surface area is 118 Å². The monoisotopic (exact) mass is 331 g/mol. The van der Waals surface area contributed by atoms with Gasteiger partial charge in [0.15, 0.2) is 6.61 Å². The molecule has 9 heteroatoms. The van der Waals surface area contributed by atoms with Crippen LogP contribution in [0.25, 0.3) is 0 Å². The highest BCUT2D eigenvalue weighted by atomic mass is 35.7. The van der Waals surface area contributed by atoms with E-state index in [0.29, 0.717) is 0 Å². The topological polar surface area (TPSA) is 72.5 Å². The summed E-state index contributed by atoms with van der Waals surface area (Å²) in [6, 6.07) is 2.42. The van der Waals surface area contributed by atoms with E-state index < -0.39 is 9.05 Å². The fourth-order valence-electron chi connectivity index (χ4n) is 1.03. The number of carbonyl (C=O) groups is 1. The van der Waals surface area contributed by atoms with Crippen molar-refractivity contribution in [3.05, 3.63) is 22.2 Å². The molecule has 0 radical (unpaired) electrons. The molecule has 0 fully saturated rings. The molecule has 0 saturated carbocycles. The molecule has 1 N–H and O–H groups in total. The second-order valence-electron chi connectivity index (χ2n) is 3.09. The Morgan fingerprint density at radius 1 is 1.33 bits per heavy atom. The van der Waals surface area contributed by atoms with Crippen LogP contribution in [0.4, 0.5) is 0 Å². The van der Waals surface area contributed by atoms with Gasteiger partial charge in [0.25, 0.3) is 15.0 Å². The number of hydrogen-bond acceptors (Lipinski definition) is 4. The van der Waals surface area contributed by atoms with Gasteiger partial charge in [0, 0.05) is 17.7 Å². The molecule has 1 aromatic carbocycles. The van der Waals surface area contributed by atoms with Crippen LogP contribution in [-0.2, 0) is 13.8 Å². The van der Waals surface area contributed by atoms with Crippen molar-refractivity contribution in [1.29, 1.82) is 0 Å². The highest BCUT2D eigenvalue weighted by Crippen LogP contribution is 2.37. The molecular formula is C9H8Cl3NO4S. The summed E-state index contributed by atoms with van der Waals surface area (Å²) in [7, 11) is 2.62. The largest absolute Gasteiger partial charge is 0.482 e. The third-order valence-corrected chi connectivity index (χ3v) is 4.25. The Morgan fingerprint density at radius 3 is 2.44 bits per heavy atom. The van der Waals surface area contributed by atoms with Crippen molar-refractivity contribution in [1.82, 2.24) is 5.32 Å². The molecule has 100 valence electrons. The summed E-state index contributed by atoms with van der Waals surface area (Å²) in [5, 5.41) is 1.98. The van der Waals surface area contributed by atoms with Crippen molar-refractivity contribution < 1.29 is 17.9 Å². The Morgan fingerprint density at radius 2 is 1.94 bits per heavy atom. The van der Waals surface area contributed by atoms with Gasteiger partial charge in [-0.05, 0) is 12.1 Å². The van der Waals surface area contributed by atoms with Gasteiger partial charge < -0.3 is 10.1 Å². The summed E-state index contributed by atoms with van der Waals surface area (Å²) in [5.41, 5.74) is 0. The van der Waals surface area contributed by atoms with E-state index in [2.05, 4.69) is 5.32 Å². The second kappa shape index (κ2) is 5.97. The molecule has 0 unspecified atom stereocenters. The molecule has 0 heterocycles. The zero-order chi connectivity index (χ0) is 13.9. The van der Waals surface area contributed by atoms with E-state index in [1.54, 1.807) is 0 Å². The van der Waals surface area contributed by atoms with Crippen LogP contribution in [0.15, 0.2) is 17.0 Å². The lowest BCUT2D eigenvalue weighted by molar-refractivity contribution is -0.122. The molecule has 5 nitrogen and oxygen atoms in total. The number of rotatable bonds is 4. The molecule has 0 aliphatic carbocycles. The predicted octanol–water partition coefficient (Wildman–Crippen LogP) is 2.05. The minimum atomic E-state index is -3.99. The fourth-order valence-corrected chi connectivity index (χ4v) is 2.82. The van der Waals surface area contributed by atoms with E-state index in [0.717, 1.165) is 6.07 Å². The summed E-state index contributed by atoms with van der Waals surface area (Å²) in [6.45, 7) is -0.264. The van der Waals surface area contributed by atoms with Crippen LogP contribution in [0.2, 0.25) is 10.0 Å². The summed E-state index contributed by atoms with van der Waals surface area (Å²) in [6.07, 6.45) is 0. The van der Waals surface area contributed by atoms with Crippen LogP contribution in [-0.4, -0.2) is 28.0 Å². The number of hydrogen-bond donors (Lipinski definition) is 1. The van der Waals surface area contributed by atoms with Crippen LogP contribution >= 0.6 is 33.9 Å². The smallest absolute Gasteiger partial charge is 0.262 e. The number of benzene rings is 1. The van der Waals surface area contributed by atoms with Crippen molar-refractivity contribution in [3.8, 4) is 5.75 Å². The third kappa shape index (κ3) is 3.65. The van der Waals surface area contributed by atoms with Crippen molar-refractivity contribution in [2.75, 3.05) is 13.7 Å². The van der Waals surface area contributed by atoms with Gasteiger partial charge in [-0.3, -0.25) is 4.79 Å². The first kappa shape index (κ1) is 15.4. The maximum atomic E-state index is 11.1. The Kier molecular flexibility index (Phi) is 5.10. The van der Waals surface area contributed by atoms with Crippen LogP contribution in [0, 0.1) is 0 Å². The molecule has 1 aromatic rings. The maximum absolute atomic E-state index is 11.1. The SMILES string of the molecule is CNC(=O)COc1ccc(S(=O)(=O)Cl)c(Cl)c1Cl. The second-order valence-corrected chi connectivity index (χ2v) is 6.38. The molecule has 1 rings (SSSR count). The maximum Gasteiger partial charge on any atom is 0.262 e. The number of ether oxygens (including phenoxy) is 1. The first-order chi connectivity index (χ1) is 8.27. The van der Waals surface area contributed by atoms with E-state index in [9.17, 15) is 13.2 Å². The van der Waals surface area contributed by atoms with Crippen LogP contribution in [0.5, 0.6) is 5.75 Å². The molecule has 18 heavy (non-hydrogen) atoms. The number of halogens is 3. The van der Waals surface area contributed by atoms with E-state index in [1.165, 1.54) is 13.1 Å². The lowest BCUT2D eigenvalue weighted by Gasteiger charge is -2.09. The molecule has 1 amide bonds. The highest BCUT2D eigenvalue weighted by molar-refractivity contribution is 8.13. The van der Waals surface area contributed by atoms with Gasteiger partial charge in [-0.25, -0.2) is 8.42 Å². The number of nitrogens with one attached hydrogen (secondary N) is 1. The quantitative estimate of drug-likeness (QED) is 0.857. The molecule has 0 bridgehead atoms. The average molecular weight is 333 g/mol. The Balaban J connectivity index is 3.06. The number of likely N-dealkylation sites (N-methyl/N-ethyl adjacent to an activating group) is 1. The zero-order valence-electron chi connectivity index (χ0n) is 9.04. The summed E-state index contributed by atoms with van der Waals surface area (Å²) in [4.78, 5) is 10.7. The van der Waals surface area contributed by atoms with Gasteiger partial charge >= 0.3 is 0 Å². The first-order valence-electron chi connectivity index (χ1n) is 4.53. The predicted molar refractivity (Wildman–Crippen MR) is 69.1 cm³/mol. The van der Waals surface area contributed by atoms with E-state index in [-0.39, 0.29) is 33.2 Å². The molecule has 0 spiro atoms. The van der Waals surface area contributed by atoms with Gasteiger partial charge in [0.05, 0.1) is 5.02 Å². The summed E-state index contributed by atoms with van der Waals surface area (Å²) >= 11 is 11.6. The molecule has 0 atom stereocenters. The zero-order valence-corrected chi connectivity index (χ0v) is 12.1. The van der Waals surface area contributed by atoms with Gasteiger partial charge in [0.2, 0.25) is 0 Å². The van der Waals surface area contributed by atoms with Crippen molar-refractivity contribution in [3.63, 3.8) is 0 Å². The molecule has 0 aliphatic rings. The molecule has 0 aliphatic heterocycles. The molecular weight excluding hydrogens is 325 g/mol. The number of carbonyl (C=O) groups excluding carboxylic acids is 1. The molecule has 0 saturated heterocycles. The Bertz CT molecular complexity index is 573. The average Bonchev–Trinajstić information content (AvgIpc) is 2.28. The molecule has 0 aromatic heterocycles. The van der Waals surface area contributed by atoms with E-state index in [1.807, 2.05) is 0 Å². The van der Waals surface area contributed by atoms with Crippen molar-refractivity contribution in [2.24, 2.45) is 0 Å². The van der Waals surface area contributed by atoms with E-state index in [4.69, 9.17) is 38.6 Å². The van der Waals surface area contributed by atoms with Gasteiger partial charge in [-0.15, -0.1) is 0 Å². The minimum absolute atomic E-state index is 0.0920.